The van der Waals surface area contributed by atoms with Crippen molar-refractivity contribution < 1.29 is 9.66 Å². The van der Waals surface area contributed by atoms with Crippen LogP contribution in [0.4, 0.5) is 5.69 Å². The summed E-state index contributed by atoms with van der Waals surface area (Å²) in [7, 11) is 0. The molecule has 0 aliphatic heterocycles. The number of rotatable bonds is 4. The Labute approximate surface area is 110 Å². The van der Waals surface area contributed by atoms with Crippen LogP contribution in [-0.2, 0) is 0 Å². The number of pyridine rings is 1. The fourth-order valence-electron chi connectivity index (χ4n) is 1.54. The lowest BCUT2D eigenvalue weighted by Gasteiger charge is -2.08. The van der Waals surface area contributed by atoms with Crippen molar-refractivity contribution in [1.29, 1.82) is 0 Å². The Morgan fingerprint density at radius 1 is 1.32 bits per heavy atom. The molecular weight excluding hydrogens is 246 g/mol. The molecule has 0 radical (unpaired) electrons. The fraction of sp³-hybridized carbons (Fsp3) is 0.154. The first kappa shape index (κ1) is 13.0. The second kappa shape index (κ2) is 5.45. The van der Waals surface area contributed by atoms with Crippen LogP contribution < -0.4 is 10.5 Å². The number of ether oxygens (including phenoxy) is 1. The molecule has 1 aromatic carbocycles. The maximum absolute atomic E-state index is 10.8. The zero-order chi connectivity index (χ0) is 13.8. The highest BCUT2D eigenvalue weighted by atomic mass is 16.6. The van der Waals surface area contributed by atoms with Crippen molar-refractivity contribution in [3.8, 4) is 11.5 Å². The Kier molecular flexibility index (Phi) is 3.72. The number of nitrogens with two attached hydrogens (primary N) is 1. The third-order valence-electron chi connectivity index (χ3n) is 2.52. The van der Waals surface area contributed by atoms with Gasteiger partial charge in [0.15, 0.2) is 0 Å². The van der Waals surface area contributed by atoms with Gasteiger partial charge < -0.3 is 10.5 Å². The molecule has 98 valence electrons. The summed E-state index contributed by atoms with van der Waals surface area (Å²) < 4.78 is 5.46. The van der Waals surface area contributed by atoms with E-state index in [4.69, 9.17) is 10.5 Å². The van der Waals surface area contributed by atoms with Gasteiger partial charge in [-0.25, -0.2) is 0 Å². The molecule has 0 saturated heterocycles. The zero-order valence-electron chi connectivity index (χ0n) is 10.3. The molecule has 1 atom stereocenters. The van der Waals surface area contributed by atoms with E-state index >= 15 is 0 Å². The minimum absolute atomic E-state index is 0.0845. The van der Waals surface area contributed by atoms with E-state index in [2.05, 4.69) is 4.98 Å². The molecule has 19 heavy (non-hydrogen) atoms. The highest BCUT2D eigenvalue weighted by molar-refractivity contribution is 5.47. The van der Waals surface area contributed by atoms with Gasteiger partial charge >= 0.3 is 5.69 Å². The molecular formula is C13H13N3O3. The van der Waals surface area contributed by atoms with Gasteiger partial charge in [-0.05, 0) is 25.1 Å². The molecule has 2 aromatic rings. The maximum Gasteiger partial charge on any atom is 0.311 e. The highest BCUT2D eigenvalue weighted by Gasteiger charge is 2.14. The van der Waals surface area contributed by atoms with Crippen LogP contribution in [0, 0.1) is 10.1 Å². The predicted octanol–water partition coefficient (Wildman–Crippen LogP) is 2.80. The first-order valence-electron chi connectivity index (χ1n) is 5.70. The molecule has 1 aromatic heterocycles. The normalized spacial score (nSPS) is 11.9. The Morgan fingerprint density at radius 2 is 2.05 bits per heavy atom. The first-order valence-corrected chi connectivity index (χ1v) is 5.70. The zero-order valence-corrected chi connectivity index (χ0v) is 10.3. The molecule has 0 aliphatic carbocycles. The van der Waals surface area contributed by atoms with Crippen LogP contribution in [0.15, 0.2) is 42.6 Å². The Balaban J connectivity index is 2.24. The largest absolute Gasteiger partial charge is 0.449 e. The molecule has 0 bridgehead atoms. The van der Waals surface area contributed by atoms with E-state index in [1.165, 1.54) is 18.3 Å². The lowest BCUT2D eigenvalue weighted by atomic mass is 10.2. The Morgan fingerprint density at radius 3 is 2.63 bits per heavy atom. The van der Waals surface area contributed by atoms with Gasteiger partial charge in [0.25, 0.3) is 0 Å². The second-order valence-corrected chi connectivity index (χ2v) is 4.03. The van der Waals surface area contributed by atoms with Crippen molar-refractivity contribution >= 4 is 5.69 Å². The minimum Gasteiger partial charge on any atom is -0.449 e. The van der Waals surface area contributed by atoms with Crippen LogP contribution in [0.2, 0.25) is 0 Å². The number of nitrogens with zero attached hydrogens (tertiary/aromatic N) is 2. The van der Waals surface area contributed by atoms with Crippen molar-refractivity contribution in [2.45, 2.75) is 13.0 Å². The molecule has 0 saturated carbocycles. The van der Waals surface area contributed by atoms with E-state index in [-0.39, 0.29) is 17.5 Å². The standard InChI is InChI=1S/C13H13N3O3/c1-9(14)11-7-6-10(8-15-11)19-13-5-3-2-4-12(13)16(17)18/h2-9H,14H2,1H3/t9-/m1/s1. The molecule has 2 N–H and O–H groups in total. The van der Waals surface area contributed by atoms with Crippen molar-refractivity contribution in [2.24, 2.45) is 5.73 Å². The number of hydrogen-bond donors (Lipinski definition) is 1. The molecule has 6 nitrogen and oxygen atoms in total. The summed E-state index contributed by atoms with van der Waals surface area (Å²) in [5, 5.41) is 10.8. The van der Waals surface area contributed by atoms with Crippen molar-refractivity contribution in [1.82, 2.24) is 4.98 Å². The fourth-order valence-corrected chi connectivity index (χ4v) is 1.54. The second-order valence-electron chi connectivity index (χ2n) is 4.03. The predicted molar refractivity (Wildman–Crippen MR) is 70.0 cm³/mol. The number of benzene rings is 1. The molecule has 2 rings (SSSR count). The maximum atomic E-state index is 10.8. The molecule has 0 amide bonds. The molecule has 0 unspecified atom stereocenters. The summed E-state index contributed by atoms with van der Waals surface area (Å²) in [6.07, 6.45) is 1.50. The lowest BCUT2D eigenvalue weighted by molar-refractivity contribution is -0.385. The van der Waals surface area contributed by atoms with Crippen LogP contribution in [0.3, 0.4) is 0 Å². The Hall–Kier alpha value is -2.47. The van der Waals surface area contributed by atoms with Gasteiger partial charge in [-0.15, -0.1) is 0 Å². The quantitative estimate of drug-likeness (QED) is 0.673. The van der Waals surface area contributed by atoms with Gasteiger partial charge in [0, 0.05) is 12.1 Å². The van der Waals surface area contributed by atoms with Crippen LogP contribution in [0.25, 0.3) is 0 Å². The van der Waals surface area contributed by atoms with Crippen molar-refractivity contribution in [2.75, 3.05) is 0 Å². The van der Waals surface area contributed by atoms with Gasteiger partial charge in [0.05, 0.1) is 16.8 Å². The van der Waals surface area contributed by atoms with Crippen LogP contribution in [0.5, 0.6) is 11.5 Å². The van der Waals surface area contributed by atoms with Gasteiger partial charge in [-0.2, -0.15) is 0 Å². The van der Waals surface area contributed by atoms with Gasteiger partial charge in [0.2, 0.25) is 5.75 Å². The van der Waals surface area contributed by atoms with E-state index in [1.807, 2.05) is 6.92 Å². The first-order chi connectivity index (χ1) is 9.08. The van der Waals surface area contributed by atoms with E-state index in [9.17, 15) is 10.1 Å². The molecule has 0 fully saturated rings. The van der Waals surface area contributed by atoms with Crippen molar-refractivity contribution in [3.63, 3.8) is 0 Å². The molecule has 0 aliphatic rings. The third-order valence-corrected chi connectivity index (χ3v) is 2.52. The van der Waals surface area contributed by atoms with E-state index in [1.54, 1.807) is 24.3 Å². The van der Waals surface area contributed by atoms with Crippen LogP contribution >= 0.6 is 0 Å². The van der Waals surface area contributed by atoms with E-state index in [0.717, 1.165) is 5.69 Å². The van der Waals surface area contributed by atoms with E-state index in [0.29, 0.717) is 5.75 Å². The van der Waals surface area contributed by atoms with Crippen molar-refractivity contribution in [3.05, 3.63) is 58.4 Å². The highest BCUT2D eigenvalue weighted by Crippen LogP contribution is 2.30. The lowest BCUT2D eigenvalue weighted by Crippen LogP contribution is -2.06. The monoisotopic (exact) mass is 259 g/mol. The number of nitro groups is 1. The van der Waals surface area contributed by atoms with Gasteiger partial charge in [-0.1, -0.05) is 12.1 Å². The summed E-state index contributed by atoms with van der Waals surface area (Å²) in [5.41, 5.74) is 6.33. The van der Waals surface area contributed by atoms with Gasteiger partial charge in [0.1, 0.15) is 5.75 Å². The average molecular weight is 259 g/mol. The average Bonchev–Trinajstić information content (AvgIpc) is 2.39. The summed E-state index contributed by atoms with van der Waals surface area (Å²) in [4.78, 5) is 14.5. The topological polar surface area (TPSA) is 91.3 Å². The summed E-state index contributed by atoms with van der Waals surface area (Å²) in [6, 6.07) is 9.43. The molecule has 0 spiro atoms. The summed E-state index contributed by atoms with van der Waals surface area (Å²) in [6.45, 7) is 1.82. The molecule has 6 heteroatoms. The number of aromatic nitrogens is 1. The number of nitro benzene ring substituents is 1. The minimum atomic E-state index is -0.487. The SMILES string of the molecule is C[C@@H](N)c1ccc(Oc2ccccc2[N+](=O)[O-])cn1. The third kappa shape index (κ3) is 3.05. The van der Waals surface area contributed by atoms with Crippen LogP contribution in [0.1, 0.15) is 18.7 Å². The number of hydrogen-bond acceptors (Lipinski definition) is 5. The summed E-state index contributed by atoms with van der Waals surface area (Å²) >= 11 is 0. The summed E-state index contributed by atoms with van der Waals surface area (Å²) in [5.74, 6) is 0.613. The Bertz CT molecular complexity index is 582. The number of para-hydroxylation sites is 2. The van der Waals surface area contributed by atoms with Gasteiger partial charge in [-0.3, -0.25) is 15.1 Å². The van der Waals surface area contributed by atoms with Crippen LogP contribution in [-0.4, -0.2) is 9.91 Å². The van der Waals surface area contributed by atoms with E-state index < -0.39 is 4.92 Å². The smallest absolute Gasteiger partial charge is 0.311 e. The molecule has 1 heterocycles.